The second kappa shape index (κ2) is 6.67. The first-order valence-corrected chi connectivity index (χ1v) is 8.29. The average Bonchev–Trinajstić information content (AvgIpc) is 2.88. The number of nitrogens with zero attached hydrogens (tertiary/aromatic N) is 1. The number of halogens is 2. The van der Waals surface area contributed by atoms with E-state index in [0.29, 0.717) is 15.0 Å². The van der Waals surface area contributed by atoms with Crippen molar-refractivity contribution in [2.75, 3.05) is 0 Å². The van der Waals surface area contributed by atoms with E-state index in [1.54, 1.807) is 25.1 Å². The Morgan fingerprint density at radius 3 is 2.67 bits per heavy atom. The fraction of sp³-hybridized carbons (Fsp3) is 0.154. The van der Waals surface area contributed by atoms with Crippen molar-refractivity contribution in [2.24, 2.45) is 0 Å². The highest BCUT2D eigenvalue weighted by atomic mass is 79.9. The summed E-state index contributed by atoms with van der Waals surface area (Å²) < 4.78 is 1.54. The van der Waals surface area contributed by atoms with Gasteiger partial charge in [-0.25, -0.2) is 9.78 Å². The number of aromatic nitrogens is 1. The van der Waals surface area contributed by atoms with Crippen molar-refractivity contribution in [2.45, 2.75) is 13.0 Å². The van der Waals surface area contributed by atoms with Crippen LogP contribution in [0.1, 0.15) is 38.8 Å². The van der Waals surface area contributed by atoms with E-state index in [-0.39, 0.29) is 17.6 Å². The summed E-state index contributed by atoms with van der Waals surface area (Å²) in [4.78, 5) is 27.0. The van der Waals surface area contributed by atoms with E-state index in [1.165, 1.54) is 16.7 Å². The fourth-order valence-corrected chi connectivity index (χ4v) is 3.62. The molecule has 5 nitrogen and oxygen atoms in total. The number of carbonyl (C=O) groups is 2. The molecule has 2 rings (SSSR count). The Balaban J connectivity index is 2.12. The average molecular weight is 434 g/mol. The lowest BCUT2D eigenvalue weighted by molar-refractivity contribution is 0.0691. The maximum atomic E-state index is 12.2. The topological polar surface area (TPSA) is 79.3 Å². The number of thiazole rings is 1. The lowest BCUT2D eigenvalue weighted by Gasteiger charge is -2.12. The SMILES string of the molecule is CC(NC(=O)c1ccc(Br)cc1Br)c1nc(C(=O)O)cs1. The van der Waals surface area contributed by atoms with Gasteiger partial charge in [0.05, 0.1) is 11.6 Å². The van der Waals surface area contributed by atoms with Crippen LogP contribution in [0.5, 0.6) is 0 Å². The van der Waals surface area contributed by atoms with Crippen molar-refractivity contribution in [3.05, 3.63) is 48.8 Å². The summed E-state index contributed by atoms with van der Waals surface area (Å²) in [5.74, 6) is -1.33. The molecule has 110 valence electrons. The van der Waals surface area contributed by atoms with Gasteiger partial charge in [0.25, 0.3) is 5.91 Å². The number of aromatic carboxylic acids is 1. The minimum absolute atomic E-state index is 0.0130. The first kappa shape index (κ1) is 16.1. The maximum Gasteiger partial charge on any atom is 0.355 e. The van der Waals surface area contributed by atoms with Gasteiger partial charge in [0, 0.05) is 14.3 Å². The van der Waals surface area contributed by atoms with Crippen LogP contribution in [-0.2, 0) is 0 Å². The van der Waals surface area contributed by atoms with Crippen LogP contribution in [0.3, 0.4) is 0 Å². The molecule has 0 aliphatic heterocycles. The van der Waals surface area contributed by atoms with Gasteiger partial charge < -0.3 is 10.4 Å². The van der Waals surface area contributed by atoms with E-state index in [9.17, 15) is 9.59 Å². The number of rotatable bonds is 4. The Kier molecular flexibility index (Phi) is 5.13. The maximum absolute atomic E-state index is 12.2. The van der Waals surface area contributed by atoms with Crippen LogP contribution in [0.2, 0.25) is 0 Å². The first-order chi connectivity index (χ1) is 9.88. The van der Waals surface area contributed by atoms with E-state index in [0.717, 1.165) is 4.47 Å². The van der Waals surface area contributed by atoms with Gasteiger partial charge in [-0.2, -0.15) is 0 Å². The molecule has 0 saturated heterocycles. The summed E-state index contributed by atoms with van der Waals surface area (Å²) in [6, 6.07) is 4.88. The molecule has 1 aromatic heterocycles. The highest BCUT2D eigenvalue weighted by Crippen LogP contribution is 2.23. The Labute approximate surface area is 141 Å². The van der Waals surface area contributed by atoms with E-state index < -0.39 is 5.97 Å². The first-order valence-electron chi connectivity index (χ1n) is 5.83. The van der Waals surface area contributed by atoms with E-state index >= 15 is 0 Å². The Morgan fingerprint density at radius 2 is 2.10 bits per heavy atom. The summed E-state index contributed by atoms with van der Waals surface area (Å²) in [5.41, 5.74) is 0.487. The highest BCUT2D eigenvalue weighted by molar-refractivity contribution is 9.11. The summed E-state index contributed by atoms with van der Waals surface area (Å²) in [6.07, 6.45) is 0. The molecule has 0 fully saturated rings. The zero-order valence-electron chi connectivity index (χ0n) is 10.8. The van der Waals surface area contributed by atoms with Crippen molar-refractivity contribution in [3.63, 3.8) is 0 Å². The second-order valence-corrected chi connectivity index (χ2v) is 6.86. The summed E-state index contributed by atoms with van der Waals surface area (Å²) in [5, 5.41) is 13.6. The molecule has 2 aromatic rings. The molecule has 8 heteroatoms. The molecule has 0 spiro atoms. The van der Waals surface area contributed by atoms with Crippen LogP contribution in [0.25, 0.3) is 0 Å². The predicted molar refractivity (Wildman–Crippen MR) is 86.8 cm³/mol. The molecular formula is C13H10Br2N2O3S. The quantitative estimate of drug-likeness (QED) is 0.767. The van der Waals surface area contributed by atoms with Crippen molar-refractivity contribution in [1.82, 2.24) is 10.3 Å². The normalized spacial score (nSPS) is 12.0. The molecule has 2 N–H and O–H groups in total. The number of hydrogen-bond donors (Lipinski definition) is 2. The van der Waals surface area contributed by atoms with Gasteiger partial charge >= 0.3 is 5.97 Å². The van der Waals surface area contributed by atoms with E-state index in [2.05, 4.69) is 42.2 Å². The number of nitrogens with one attached hydrogen (secondary N) is 1. The van der Waals surface area contributed by atoms with Crippen LogP contribution in [-0.4, -0.2) is 22.0 Å². The van der Waals surface area contributed by atoms with Gasteiger partial charge in [-0.05, 0) is 41.1 Å². The van der Waals surface area contributed by atoms with Gasteiger partial charge in [-0.3, -0.25) is 4.79 Å². The predicted octanol–water partition coefficient (Wildman–Crippen LogP) is 3.86. The summed E-state index contributed by atoms with van der Waals surface area (Å²) in [7, 11) is 0. The molecule has 0 bridgehead atoms. The third kappa shape index (κ3) is 3.90. The van der Waals surface area contributed by atoms with Gasteiger partial charge in [-0.1, -0.05) is 15.9 Å². The van der Waals surface area contributed by atoms with Crippen molar-refractivity contribution < 1.29 is 14.7 Å². The Hall–Kier alpha value is -1.25. The third-order valence-corrected chi connectivity index (χ3v) is 4.81. The Morgan fingerprint density at radius 1 is 1.38 bits per heavy atom. The van der Waals surface area contributed by atoms with Crippen LogP contribution >= 0.6 is 43.2 Å². The van der Waals surface area contributed by atoms with Crippen molar-refractivity contribution in [1.29, 1.82) is 0 Å². The number of carbonyl (C=O) groups excluding carboxylic acids is 1. The second-order valence-electron chi connectivity index (χ2n) is 4.20. The Bertz CT molecular complexity index is 702. The molecule has 1 aromatic carbocycles. The van der Waals surface area contributed by atoms with Crippen molar-refractivity contribution in [3.8, 4) is 0 Å². The molecule has 0 saturated carbocycles. The van der Waals surface area contributed by atoms with Crippen LogP contribution in [0, 0.1) is 0 Å². The van der Waals surface area contributed by atoms with Crippen LogP contribution in [0.15, 0.2) is 32.5 Å². The molecular weight excluding hydrogens is 424 g/mol. The molecule has 0 aliphatic rings. The third-order valence-electron chi connectivity index (χ3n) is 2.63. The van der Waals surface area contributed by atoms with Crippen LogP contribution in [0.4, 0.5) is 0 Å². The lowest BCUT2D eigenvalue weighted by Crippen LogP contribution is -2.27. The van der Waals surface area contributed by atoms with Gasteiger partial charge in [0.15, 0.2) is 5.69 Å². The molecule has 1 atom stereocenters. The number of carboxylic acids is 1. The molecule has 21 heavy (non-hydrogen) atoms. The number of hydrogen-bond acceptors (Lipinski definition) is 4. The number of benzene rings is 1. The van der Waals surface area contributed by atoms with Gasteiger partial charge in [0.1, 0.15) is 5.01 Å². The minimum atomic E-state index is -1.08. The van der Waals surface area contributed by atoms with E-state index in [1.807, 2.05) is 0 Å². The monoisotopic (exact) mass is 432 g/mol. The molecule has 1 amide bonds. The zero-order chi connectivity index (χ0) is 15.6. The van der Waals surface area contributed by atoms with Gasteiger partial charge in [0.2, 0.25) is 0 Å². The lowest BCUT2D eigenvalue weighted by atomic mass is 10.2. The van der Waals surface area contributed by atoms with E-state index in [4.69, 9.17) is 5.11 Å². The fourth-order valence-electron chi connectivity index (χ4n) is 1.59. The largest absolute Gasteiger partial charge is 0.476 e. The number of amides is 1. The molecule has 0 aliphatic carbocycles. The molecule has 1 unspecified atom stereocenters. The number of carboxylic acid groups (broad SMARTS) is 1. The smallest absolute Gasteiger partial charge is 0.355 e. The minimum Gasteiger partial charge on any atom is -0.476 e. The highest BCUT2D eigenvalue weighted by Gasteiger charge is 2.18. The summed E-state index contributed by atoms with van der Waals surface area (Å²) in [6.45, 7) is 1.76. The molecule has 1 heterocycles. The van der Waals surface area contributed by atoms with Crippen LogP contribution < -0.4 is 5.32 Å². The zero-order valence-corrected chi connectivity index (χ0v) is 14.8. The summed E-state index contributed by atoms with van der Waals surface area (Å²) >= 11 is 7.86. The standard InChI is InChI=1S/C13H10Br2N2O3S/c1-6(12-17-10(5-21-12)13(19)20)16-11(18)8-3-2-7(14)4-9(8)15/h2-6H,1H3,(H,16,18)(H,19,20). The molecule has 0 radical (unpaired) electrons. The van der Waals surface area contributed by atoms with Crippen molar-refractivity contribution >= 4 is 55.1 Å². The van der Waals surface area contributed by atoms with Gasteiger partial charge in [-0.15, -0.1) is 11.3 Å².